The van der Waals surface area contributed by atoms with E-state index in [4.69, 9.17) is 5.73 Å². The fraction of sp³-hybridized carbons (Fsp3) is 1.00. The highest BCUT2D eigenvalue weighted by Crippen LogP contribution is 2.32. The summed E-state index contributed by atoms with van der Waals surface area (Å²) in [5, 5.41) is 0. The van der Waals surface area contributed by atoms with E-state index >= 15 is 0 Å². The Morgan fingerprint density at radius 2 is 1.25 bits per heavy atom. The van der Waals surface area contributed by atoms with Gasteiger partial charge in [-0.05, 0) is 12.3 Å². The van der Waals surface area contributed by atoms with Gasteiger partial charge in [-0.15, -0.1) is 0 Å². The smallest absolute Gasteiger partial charge is 0.0700 e. The van der Waals surface area contributed by atoms with Crippen LogP contribution in [0.4, 0.5) is 0 Å². The van der Waals surface area contributed by atoms with Crippen LogP contribution in [-0.4, -0.2) is 3.55 Å². The average Bonchev–Trinajstić information content (AvgIpc) is 1.25. The van der Waals surface area contributed by atoms with Crippen LogP contribution in [0.2, 0.25) is 0 Å². The molecule has 0 aliphatic carbocycles. The van der Waals surface area contributed by atoms with Crippen LogP contribution in [0, 0.1) is 5.41 Å². The van der Waals surface area contributed by atoms with E-state index in [1.54, 1.807) is 0 Å². The Morgan fingerprint density at radius 3 is 1.25 bits per heavy atom. The molecule has 0 aromatic rings. The predicted molar refractivity (Wildman–Crippen MR) is 46.1 cm³/mol. The van der Waals surface area contributed by atoms with Crippen molar-refractivity contribution in [3.8, 4) is 0 Å². The number of nitrogens with two attached hydrogens (primary N) is 1. The molecule has 0 aliphatic heterocycles. The van der Waals surface area contributed by atoms with Gasteiger partial charge in [-0.25, -0.2) is 0 Å². The van der Waals surface area contributed by atoms with E-state index in [1.165, 1.54) is 0 Å². The van der Waals surface area contributed by atoms with Gasteiger partial charge < -0.3 is 5.73 Å². The molecule has 0 aromatic heterocycles. The third-order valence-corrected chi connectivity index (χ3v) is 3.08. The number of rotatable bonds is 0. The molecule has 0 bridgehead atoms. The second-order valence-electron chi connectivity index (χ2n) is 3.33. The highest BCUT2D eigenvalue weighted by atomic mass is 127. The molecule has 1 atom stereocenters. The summed E-state index contributed by atoms with van der Waals surface area (Å²) in [6, 6.07) is 0. The van der Waals surface area contributed by atoms with E-state index in [2.05, 4.69) is 43.4 Å². The monoisotopic (exact) mass is 227 g/mol. The third kappa shape index (κ3) is 2.31. The third-order valence-electron chi connectivity index (χ3n) is 1.47. The second-order valence-corrected chi connectivity index (χ2v) is 5.57. The fourth-order valence-corrected chi connectivity index (χ4v) is 0. The molecule has 0 spiro atoms. The van der Waals surface area contributed by atoms with Gasteiger partial charge in [0.05, 0.1) is 3.55 Å². The van der Waals surface area contributed by atoms with E-state index in [1.807, 2.05) is 6.92 Å². The van der Waals surface area contributed by atoms with Gasteiger partial charge in [0.2, 0.25) is 0 Å². The molecular weight excluding hydrogens is 213 g/mol. The average molecular weight is 227 g/mol. The van der Waals surface area contributed by atoms with Crippen LogP contribution in [0.25, 0.3) is 0 Å². The molecule has 0 aliphatic rings. The molecule has 2 N–H and O–H groups in total. The van der Waals surface area contributed by atoms with Gasteiger partial charge in [-0.1, -0.05) is 43.4 Å². The minimum atomic E-state index is -0.0925. The molecular formula is C6H14IN. The summed E-state index contributed by atoms with van der Waals surface area (Å²) >= 11 is 2.26. The number of hydrogen-bond acceptors (Lipinski definition) is 1. The normalized spacial score (nSPS) is 20.2. The molecule has 8 heavy (non-hydrogen) atoms. The second kappa shape index (κ2) is 2.14. The molecule has 0 aromatic carbocycles. The Labute approximate surface area is 65.2 Å². The molecule has 0 saturated carbocycles. The Bertz CT molecular complexity index is 63.5. The lowest BCUT2D eigenvalue weighted by atomic mass is 9.89. The number of alkyl halides is 1. The van der Waals surface area contributed by atoms with Crippen molar-refractivity contribution in [1.29, 1.82) is 0 Å². The predicted octanol–water partition coefficient (Wildman–Crippen LogP) is 2.14. The van der Waals surface area contributed by atoms with Crippen molar-refractivity contribution >= 4 is 22.6 Å². The lowest BCUT2D eigenvalue weighted by Gasteiger charge is -2.32. The Hall–Kier alpha value is 0.690. The molecule has 50 valence electrons. The zero-order chi connectivity index (χ0) is 7.00. The van der Waals surface area contributed by atoms with E-state index in [0.29, 0.717) is 0 Å². The molecule has 0 fully saturated rings. The first kappa shape index (κ1) is 8.69. The Balaban J connectivity index is 4.02. The highest BCUT2D eigenvalue weighted by Gasteiger charge is 2.29. The molecule has 0 amide bonds. The van der Waals surface area contributed by atoms with E-state index in [-0.39, 0.29) is 8.96 Å². The SMILES string of the molecule is CC(C)(C)C(C)(N)I. The first-order valence-corrected chi connectivity index (χ1v) is 3.81. The molecule has 0 rings (SSSR count). The van der Waals surface area contributed by atoms with E-state index in [0.717, 1.165) is 0 Å². The van der Waals surface area contributed by atoms with Crippen LogP contribution in [0.5, 0.6) is 0 Å². The first-order chi connectivity index (χ1) is 3.25. The van der Waals surface area contributed by atoms with Crippen molar-refractivity contribution in [2.45, 2.75) is 31.2 Å². The minimum absolute atomic E-state index is 0.0925. The molecule has 0 heterocycles. The molecule has 0 saturated heterocycles. The summed E-state index contributed by atoms with van der Waals surface area (Å²) in [7, 11) is 0. The van der Waals surface area contributed by atoms with Gasteiger partial charge in [0, 0.05) is 0 Å². The maximum absolute atomic E-state index is 5.80. The topological polar surface area (TPSA) is 26.0 Å². The number of hydrogen-bond donors (Lipinski definition) is 1. The summed E-state index contributed by atoms with van der Waals surface area (Å²) in [5.41, 5.74) is 6.00. The Morgan fingerprint density at radius 1 is 1.12 bits per heavy atom. The standard InChI is InChI=1S/C6H14IN/c1-5(2,3)6(4,7)8/h8H2,1-4H3. The van der Waals surface area contributed by atoms with Crippen molar-refractivity contribution in [3.63, 3.8) is 0 Å². The van der Waals surface area contributed by atoms with Gasteiger partial charge in [-0.3, -0.25) is 0 Å². The van der Waals surface area contributed by atoms with Crippen molar-refractivity contribution in [2.24, 2.45) is 11.1 Å². The molecule has 1 nitrogen and oxygen atoms in total. The van der Waals surface area contributed by atoms with Gasteiger partial charge in [0.25, 0.3) is 0 Å². The van der Waals surface area contributed by atoms with Crippen molar-refractivity contribution in [1.82, 2.24) is 0 Å². The zero-order valence-corrected chi connectivity index (χ0v) is 8.11. The van der Waals surface area contributed by atoms with Gasteiger partial charge in [-0.2, -0.15) is 0 Å². The van der Waals surface area contributed by atoms with Crippen LogP contribution >= 0.6 is 22.6 Å². The lowest BCUT2D eigenvalue weighted by Crippen LogP contribution is -2.42. The largest absolute Gasteiger partial charge is 0.317 e. The van der Waals surface area contributed by atoms with Crippen molar-refractivity contribution < 1.29 is 0 Å². The number of halogens is 1. The zero-order valence-electron chi connectivity index (χ0n) is 5.96. The first-order valence-electron chi connectivity index (χ1n) is 2.73. The summed E-state index contributed by atoms with van der Waals surface area (Å²) in [6.45, 7) is 8.45. The van der Waals surface area contributed by atoms with E-state index < -0.39 is 0 Å². The molecule has 0 radical (unpaired) electrons. The minimum Gasteiger partial charge on any atom is -0.317 e. The maximum atomic E-state index is 5.80. The van der Waals surface area contributed by atoms with Gasteiger partial charge >= 0.3 is 0 Å². The van der Waals surface area contributed by atoms with Crippen LogP contribution in [0.15, 0.2) is 0 Å². The quantitative estimate of drug-likeness (QED) is 0.383. The summed E-state index contributed by atoms with van der Waals surface area (Å²) in [5.74, 6) is 0. The lowest BCUT2D eigenvalue weighted by molar-refractivity contribution is 0.324. The molecule has 1 unspecified atom stereocenters. The summed E-state index contributed by atoms with van der Waals surface area (Å²) in [4.78, 5) is 0. The van der Waals surface area contributed by atoms with E-state index in [9.17, 15) is 0 Å². The maximum Gasteiger partial charge on any atom is 0.0700 e. The van der Waals surface area contributed by atoms with Crippen LogP contribution < -0.4 is 5.73 Å². The fourth-order valence-electron chi connectivity index (χ4n) is 0. The summed E-state index contributed by atoms with van der Waals surface area (Å²) in [6.07, 6.45) is 0. The van der Waals surface area contributed by atoms with Gasteiger partial charge in [0.1, 0.15) is 0 Å². The van der Waals surface area contributed by atoms with Crippen LogP contribution in [0.3, 0.4) is 0 Å². The van der Waals surface area contributed by atoms with Gasteiger partial charge in [0.15, 0.2) is 0 Å². The van der Waals surface area contributed by atoms with Crippen molar-refractivity contribution in [3.05, 3.63) is 0 Å². The van der Waals surface area contributed by atoms with Crippen LogP contribution in [0.1, 0.15) is 27.7 Å². The molecule has 2 heteroatoms. The Kier molecular flexibility index (Phi) is 2.32. The highest BCUT2D eigenvalue weighted by molar-refractivity contribution is 14.1. The van der Waals surface area contributed by atoms with Crippen molar-refractivity contribution in [2.75, 3.05) is 0 Å². The summed E-state index contributed by atoms with van der Waals surface area (Å²) < 4.78 is -0.0925. The van der Waals surface area contributed by atoms with Crippen LogP contribution in [-0.2, 0) is 0 Å².